The Morgan fingerprint density at radius 2 is 2.00 bits per heavy atom. The molecule has 3 aliphatic rings. The molecule has 2 N–H and O–H groups in total. The molecule has 2 unspecified atom stereocenters. The molecule has 2 bridgehead atoms. The lowest BCUT2D eigenvalue weighted by atomic mass is 9.93. The van der Waals surface area contributed by atoms with Crippen LogP contribution in [0.3, 0.4) is 0 Å². The van der Waals surface area contributed by atoms with Crippen molar-refractivity contribution in [3.63, 3.8) is 0 Å². The van der Waals surface area contributed by atoms with E-state index in [0.717, 1.165) is 50.3 Å². The number of thiazole rings is 1. The summed E-state index contributed by atoms with van der Waals surface area (Å²) in [6, 6.07) is 1.67. The van der Waals surface area contributed by atoms with Gasteiger partial charge >= 0.3 is 0 Å². The second kappa shape index (κ2) is 7.10. The highest BCUT2D eigenvalue weighted by molar-refractivity contribution is 7.09. The first-order valence-electron chi connectivity index (χ1n) is 9.35. The molecule has 0 saturated carbocycles. The van der Waals surface area contributed by atoms with Crippen LogP contribution in [0.2, 0.25) is 0 Å². The number of carbonyl (C=O) groups excluding carboxylic acids is 1. The SMILES string of the molecule is Cc1nc(CN2CCC(C(=O)NC3CC4CCC(C3)N4)CC2)cs1. The first-order chi connectivity index (χ1) is 11.7. The van der Waals surface area contributed by atoms with Gasteiger partial charge in [0.25, 0.3) is 0 Å². The van der Waals surface area contributed by atoms with Gasteiger partial charge in [-0.25, -0.2) is 4.98 Å². The smallest absolute Gasteiger partial charge is 0.223 e. The van der Waals surface area contributed by atoms with Gasteiger partial charge in [0, 0.05) is 36.0 Å². The largest absolute Gasteiger partial charge is 0.353 e. The van der Waals surface area contributed by atoms with Crippen molar-refractivity contribution in [3.05, 3.63) is 16.1 Å². The maximum absolute atomic E-state index is 12.6. The number of nitrogens with one attached hydrogen (secondary N) is 2. The summed E-state index contributed by atoms with van der Waals surface area (Å²) in [5.74, 6) is 0.497. The fraction of sp³-hybridized carbons (Fsp3) is 0.778. The second-order valence-electron chi connectivity index (χ2n) is 7.72. The molecule has 4 rings (SSSR count). The Bertz CT molecular complexity index is 569. The first kappa shape index (κ1) is 16.5. The van der Waals surface area contributed by atoms with Gasteiger partial charge in [0.2, 0.25) is 5.91 Å². The van der Waals surface area contributed by atoms with Crippen molar-refractivity contribution in [3.8, 4) is 0 Å². The van der Waals surface area contributed by atoms with Crippen LogP contribution in [0.1, 0.15) is 49.2 Å². The molecule has 0 spiro atoms. The van der Waals surface area contributed by atoms with Crippen LogP contribution in [-0.2, 0) is 11.3 Å². The summed E-state index contributed by atoms with van der Waals surface area (Å²) >= 11 is 1.72. The van der Waals surface area contributed by atoms with Crippen molar-refractivity contribution in [1.82, 2.24) is 20.5 Å². The fourth-order valence-corrected chi connectivity index (χ4v) is 5.16. The number of likely N-dealkylation sites (tertiary alicyclic amines) is 1. The number of piperidine rings is 2. The molecule has 2 atom stereocenters. The van der Waals surface area contributed by atoms with Gasteiger partial charge in [-0.2, -0.15) is 0 Å². The van der Waals surface area contributed by atoms with Crippen LogP contribution in [0.25, 0.3) is 0 Å². The van der Waals surface area contributed by atoms with E-state index >= 15 is 0 Å². The number of hydrogen-bond donors (Lipinski definition) is 2. The third kappa shape index (κ3) is 3.81. The maximum atomic E-state index is 12.6. The molecule has 3 fully saturated rings. The topological polar surface area (TPSA) is 57.3 Å². The first-order valence-corrected chi connectivity index (χ1v) is 10.2. The molecule has 1 aromatic heterocycles. The highest BCUT2D eigenvalue weighted by Crippen LogP contribution is 2.27. The predicted octanol–water partition coefficient (Wildman–Crippen LogP) is 2.06. The van der Waals surface area contributed by atoms with E-state index in [1.807, 2.05) is 0 Å². The molecular formula is C18H28N4OS. The number of aromatic nitrogens is 1. The molecule has 5 nitrogen and oxygen atoms in total. The Kier molecular flexibility index (Phi) is 4.88. The lowest BCUT2D eigenvalue weighted by Crippen LogP contribution is -2.50. The number of fused-ring (bicyclic) bond motifs is 2. The summed E-state index contributed by atoms with van der Waals surface area (Å²) < 4.78 is 0. The van der Waals surface area contributed by atoms with Crippen molar-refractivity contribution in [2.75, 3.05) is 13.1 Å². The summed E-state index contributed by atoms with van der Waals surface area (Å²) in [5.41, 5.74) is 1.17. The molecule has 0 radical (unpaired) electrons. The van der Waals surface area contributed by atoms with E-state index in [-0.39, 0.29) is 5.92 Å². The van der Waals surface area contributed by atoms with E-state index in [0.29, 0.717) is 24.0 Å². The third-order valence-corrected chi connectivity index (χ3v) is 6.65. The monoisotopic (exact) mass is 348 g/mol. The van der Waals surface area contributed by atoms with E-state index in [1.54, 1.807) is 11.3 Å². The molecule has 3 saturated heterocycles. The lowest BCUT2D eigenvalue weighted by Gasteiger charge is -2.34. The molecule has 0 aromatic carbocycles. The summed E-state index contributed by atoms with van der Waals surface area (Å²) in [4.78, 5) is 19.6. The zero-order chi connectivity index (χ0) is 16.5. The average Bonchev–Trinajstić information content (AvgIpc) is 3.13. The zero-order valence-electron chi connectivity index (χ0n) is 14.5. The average molecular weight is 349 g/mol. The Hall–Kier alpha value is -0.980. The molecule has 3 aliphatic heterocycles. The van der Waals surface area contributed by atoms with Crippen LogP contribution in [0, 0.1) is 12.8 Å². The molecule has 1 amide bonds. The number of hydrogen-bond acceptors (Lipinski definition) is 5. The van der Waals surface area contributed by atoms with E-state index in [2.05, 4.69) is 32.8 Å². The van der Waals surface area contributed by atoms with Crippen LogP contribution in [-0.4, -0.2) is 47.0 Å². The van der Waals surface area contributed by atoms with Crippen LogP contribution in [0.5, 0.6) is 0 Å². The number of amides is 1. The second-order valence-corrected chi connectivity index (χ2v) is 8.79. The lowest BCUT2D eigenvalue weighted by molar-refractivity contribution is -0.127. The van der Waals surface area contributed by atoms with Crippen molar-refractivity contribution in [2.45, 2.75) is 70.1 Å². The summed E-state index contributed by atoms with van der Waals surface area (Å²) in [6.07, 6.45) is 6.76. The van der Waals surface area contributed by atoms with Crippen LogP contribution >= 0.6 is 11.3 Å². The summed E-state index contributed by atoms with van der Waals surface area (Å²) in [5, 5.41) is 10.3. The highest BCUT2D eigenvalue weighted by atomic mass is 32.1. The van der Waals surface area contributed by atoms with Crippen molar-refractivity contribution in [2.24, 2.45) is 5.92 Å². The predicted molar refractivity (Wildman–Crippen MR) is 96.0 cm³/mol. The molecule has 4 heterocycles. The van der Waals surface area contributed by atoms with E-state index in [9.17, 15) is 4.79 Å². The molecule has 132 valence electrons. The van der Waals surface area contributed by atoms with Crippen molar-refractivity contribution < 1.29 is 4.79 Å². The minimum Gasteiger partial charge on any atom is -0.353 e. The minimum atomic E-state index is 0.200. The van der Waals surface area contributed by atoms with Gasteiger partial charge in [-0.1, -0.05) is 0 Å². The number of nitrogens with zero attached hydrogens (tertiary/aromatic N) is 2. The van der Waals surface area contributed by atoms with Gasteiger partial charge in [0.15, 0.2) is 0 Å². The van der Waals surface area contributed by atoms with Gasteiger partial charge in [-0.15, -0.1) is 11.3 Å². The van der Waals surface area contributed by atoms with Gasteiger partial charge in [0.1, 0.15) is 0 Å². The van der Waals surface area contributed by atoms with Gasteiger partial charge in [-0.3, -0.25) is 9.69 Å². The van der Waals surface area contributed by atoms with Crippen LogP contribution in [0.15, 0.2) is 5.38 Å². The Morgan fingerprint density at radius 1 is 1.29 bits per heavy atom. The number of carbonyl (C=O) groups is 1. The third-order valence-electron chi connectivity index (χ3n) is 5.83. The van der Waals surface area contributed by atoms with Crippen LogP contribution in [0.4, 0.5) is 0 Å². The van der Waals surface area contributed by atoms with Gasteiger partial charge < -0.3 is 10.6 Å². The van der Waals surface area contributed by atoms with E-state index in [4.69, 9.17) is 0 Å². The highest BCUT2D eigenvalue weighted by Gasteiger charge is 2.35. The molecular weight excluding hydrogens is 320 g/mol. The summed E-state index contributed by atoms with van der Waals surface area (Å²) in [6.45, 7) is 4.99. The molecule has 6 heteroatoms. The van der Waals surface area contributed by atoms with E-state index < -0.39 is 0 Å². The minimum absolute atomic E-state index is 0.200. The van der Waals surface area contributed by atoms with Gasteiger partial charge in [0.05, 0.1) is 10.7 Å². The Morgan fingerprint density at radius 3 is 2.62 bits per heavy atom. The van der Waals surface area contributed by atoms with Crippen molar-refractivity contribution in [1.29, 1.82) is 0 Å². The zero-order valence-corrected chi connectivity index (χ0v) is 15.3. The van der Waals surface area contributed by atoms with Crippen LogP contribution < -0.4 is 10.6 Å². The molecule has 24 heavy (non-hydrogen) atoms. The maximum Gasteiger partial charge on any atom is 0.223 e. The summed E-state index contributed by atoms with van der Waals surface area (Å²) in [7, 11) is 0. The molecule has 1 aromatic rings. The standard InChI is InChI=1S/C18H28N4OS/c1-12-19-17(11-24-12)10-22-6-4-13(5-7-22)18(23)21-16-8-14-2-3-15(9-16)20-14/h11,13-16,20H,2-10H2,1H3,(H,21,23). The normalized spacial score (nSPS) is 31.3. The van der Waals surface area contributed by atoms with Crippen molar-refractivity contribution >= 4 is 17.2 Å². The fourth-order valence-electron chi connectivity index (χ4n) is 4.56. The Labute approximate surface area is 148 Å². The quantitative estimate of drug-likeness (QED) is 0.874. The van der Waals surface area contributed by atoms with E-state index in [1.165, 1.54) is 18.5 Å². The number of aryl methyl sites for hydroxylation is 1. The number of rotatable bonds is 4. The Balaban J connectivity index is 1.22. The van der Waals surface area contributed by atoms with Gasteiger partial charge in [-0.05, 0) is 58.5 Å². The molecule has 0 aliphatic carbocycles.